The van der Waals surface area contributed by atoms with Crippen LogP contribution in [0.5, 0.6) is 0 Å². The summed E-state index contributed by atoms with van der Waals surface area (Å²) in [6, 6.07) is 13.6. The minimum atomic E-state index is -0.379. The molecule has 1 heterocycles. The normalized spacial score (nSPS) is 20.1. The lowest BCUT2D eigenvalue weighted by Crippen LogP contribution is -2.34. The number of hydrogen-bond donors (Lipinski definition) is 1. The van der Waals surface area contributed by atoms with Gasteiger partial charge in [0.2, 0.25) is 0 Å². The molecule has 0 saturated heterocycles. The van der Waals surface area contributed by atoms with E-state index in [0.29, 0.717) is 10.0 Å². The lowest BCUT2D eigenvalue weighted by molar-refractivity contribution is -0.0733. The summed E-state index contributed by atoms with van der Waals surface area (Å²) in [4.78, 5) is 0. The standard InChI is InChI=1S/C16H15Cl2NO/c1-16(2)12-5-3-4-6-14(12)19-15(20-16)11-8-7-10(17)9-13(11)18/h3-9,15,19H,1-2H3/t15-/m0/s1. The van der Waals surface area contributed by atoms with Crippen LogP contribution in [0.25, 0.3) is 0 Å². The van der Waals surface area contributed by atoms with E-state index < -0.39 is 0 Å². The molecule has 1 aliphatic rings. The van der Waals surface area contributed by atoms with Crippen molar-refractivity contribution in [3.63, 3.8) is 0 Å². The fraction of sp³-hybridized carbons (Fsp3) is 0.250. The topological polar surface area (TPSA) is 21.3 Å². The van der Waals surface area contributed by atoms with Crippen molar-refractivity contribution < 1.29 is 4.74 Å². The van der Waals surface area contributed by atoms with E-state index in [0.717, 1.165) is 16.8 Å². The third-order valence-electron chi connectivity index (χ3n) is 3.52. The van der Waals surface area contributed by atoms with Crippen molar-refractivity contribution in [1.82, 2.24) is 0 Å². The van der Waals surface area contributed by atoms with Gasteiger partial charge in [-0.3, -0.25) is 0 Å². The molecular formula is C16H15Cl2NO. The maximum Gasteiger partial charge on any atom is 0.156 e. The number of ether oxygens (including phenoxy) is 1. The van der Waals surface area contributed by atoms with Crippen molar-refractivity contribution in [3.05, 3.63) is 63.6 Å². The van der Waals surface area contributed by atoms with Gasteiger partial charge in [-0.25, -0.2) is 0 Å². The van der Waals surface area contributed by atoms with Crippen molar-refractivity contribution in [1.29, 1.82) is 0 Å². The first-order valence-corrected chi connectivity index (χ1v) is 7.22. The van der Waals surface area contributed by atoms with Gasteiger partial charge in [-0.15, -0.1) is 0 Å². The Labute approximate surface area is 128 Å². The van der Waals surface area contributed by atoms with E-state index in [-0.39, 0.29) is 11.8 Å². The van der Waals surface area contributed by atoms with Crippen LogP contribution >= 0.6 is 23.2 Å². The quantitative estimate of drug-likeness (QED) is 0.764. The van der Waals surface area contributed by atoms with Crippen molar-refractivity contribution in [2.75, 3.05) is 5.32 Å². The molecule has 1 aliphatic heterocycles. The number of rotatable bonds is 1. The van der Waals surface area contributed by atoms with E-state index >= 15 is 0 Å². The van der Waals surface area contributed by atoms with Gasteiger partial charge in [0.05, 0.1) is 5.60 Å². The number of anilines is 1. The highest BCUT2D eigenvalue weighted by Crippen LogP contribution is 2.42. The van der Waals surface area contributed by atoms with Crippen molar-refractivity contribution in [3.8, 4) is 0 Å². The summed E-state index contributed by atoms with van der Waals surface area (Å²) >= 11 is 12.2. The third-order valence-corrected chi connectivity index (χ3v) is 4.08. The van der Waals surface area contributed by atoms with Gasteiger partial charge >= 0.3 is 0 Å². The first kappa shape index (κ1) is 13.7. The van der Waals surface area contributed by atoms with Gasteiger partial charge < -0.3 is 10.1 Å². The third kappa shape index (κ3) is 2.39. The summed E-state index contributed by atoms with van der Waals surface area (Å²) in [6.07, 6.45) is -0.287. The van der Waals surface area contributed by atoms with Crippen molar-refractivity contribution >= 4 is 28.9 Å². The second-order valence-corrected chi connectivity index (χ2v) is 6.21. The highest BCUT2D eigenvalue weighted by molar-refractivity contribution is 6.35. The Balaban J connectivity index is 2.02. The molecule has 0 spiro atoms. The first-order chi connectivity index (χ1) is 9.47. The second-order valence-electron chi connectivity index (χ2n) is 5.36. The molecule has 2 aromatic rings. The largest absolute Gasteiger partial charge is 0.356 e. The zero-order valence-electron chi connectivity index (χ0n) is 11.3. The van der Waals surface area contributed by atoms with Crippen LogP contribution in [0.3, 0.4) is 0 Å². The predicted octanol–water partition coefficient (Wildman–Crippen LogP) is 5.37. The van der Waals surface area contributed by atoms with Crippen molar-refractivity contribution in [2.45, 2.75) is 25.7 Å². The summed E-state index contributed by atoms with van der Waals surface area (Å²) in [6.45, 7) is 4.12. The van der Waals surface area contributed by atoms with Gasteiger partial charge in [0, 0.05) is 26.9 Å². The Morgan fingerprint density at radius 2 is 1.85 bits per heavy atom. The molecule has 2 nitrogen and oxygen atoms in total. The molecule has 0 fully saturated rings. The molecule has 0 amide bonds. The van der Waals surface area contributed by atoms with Crippen LogP contribution < -0.4 is 5.32 Å². The average Bonchev–Trinajstić information content (AvgIpc) is 2.38. The van der Waals surface area contributed by atoms with E-state index in [1.165, 1.54) is 0 Å². The molecule has 0 aromatic heterocycles. The molecule has 4 heteroatoms. The summed E-state index contributed by atoms with van der Waals surface area (Å²) in [5, 5.41) is 4.60. The summed E-state index contributed by atoms with van der Waals surface area (Å²) < 4.78 is 6.17. The van der Waals surface area contributed by atoms with E-state index in [2.05, 4.69) is 31.3 Å². The molecule has 1 N–H and O–H groups in total. The number of para-hydroxylation sites is 1. The summed E-state index contributed by atoms with van der Waals surface area (Å²) in [5.74, 6) is 0. The monoisotopic (exact) mass is 307 g/mol. The molecule has 0 bridgehead atoms. The van der Waals surface area contributed by atoms with Gasteiger partial charge in [0.1, 0.15) is 0 Å². The number of hydrogen-bond acceptors (Lipinski definition) is 2. The fourth-order valence-electron chi connectivity index (χ4n) is 2.52. The minimum Gasteiger partial charge on any atom is -0.356 e. The molecule has 0 aliphatic carbocycles. The van der Waals surface area contributed by atoms with Crippen LogP contribution in [-0.2, 0) is 10.3 Å². The minimum absolute atomic E-state index is 0.287. The Kier molecular flexibility index (Phi) is 3.41. The fourth-order valence-corrected chi connectivity index (χ4v) is 3.03. The highest BCUT2D eigenvalue weighted by atomic mass is 35.5. The molecule has 1 atom stereocenters. The van der Waals surface area contributed by atoms with E-state index in [4.69, 9.17) is 27.9 Å². The zero-order chi connectivity index (χ0) is 14.3. The van der Waals surface area contributed by atoms with Crippen LogP contribution in [0.2, 0.25) is 10.0 Å². The smallest absolute Gasteiger partial charge is 0.156 e. The predicted molar refractivity (Wildman–Crippen MR) is 83.4 cm³/mol. The molecule has 0 unspecified atom stereocenters. The van der Waals surface area contributed by atoms with Crippen LogP contribution in [0, 0.1) is 0 Å². The van der Waals surface area contributed by atoms with Gasteiger partial charge in [0.15, 0.2) is 6.23 Å². The van der Waals surface area contributed by atoms with Crippen LogP contribution in [0.15, 0.2) is 42.5 Å². The maximum atomic E-state index is 6.28. The van der Waals surface area contributed by atoms with Crippen LogP contribution in [0.1, 0.15) is 31.2 Å². The number of nitrogens with one attached hydrogen (secondary N) is 1. The molecule has 3 rings (SSSR count). The number of benzene rings is 2. The molecule has 0 radical (unpaired) electrons. The molecule has 0 saturated carbocycles. The highest BCUT2D eigenvalue weighted by Gasteiger charge is 2.34. The Morgan fingerprint density at radius 1 is 1.10 bits per heavy atom. The summed E-state index contributed by atoms with van der Waals surface area (Å²) in [7, 11) is 0. The number of halogens is 2. The molecule has 20 heavy (non-hydrogen) atoms. The van der Waals surface area contributed by atoms with Gasteiger partial charge in [-0.2, -0.15) is 0 Å². The first-order valence-electron chi connectivity index (χ1n) is 6.46. The van der Waals surface area contributed by atoms with E-state index in [9.17, 15) is 0 Å². The molecule has 2 aromatic carbocycles. The zero-order valence-corrected chi connectivity index (χ0v) is 12.8. The van der Waals surface area contributed by atoms with Crippen molar-refractivity contribution in [2.24, 2.45) is 0 Å². The Hall–Kier alpha value is -1.22. The number of fused-ring (bicyclic) bond motifs is 1. The molecular weight excluding hydrogens is 293 g/mol. The second kappa shape index (κ2) is 4.96. The molecule has 104 valence electrons. The van der Waals surface area contributed by atoms with Gasteiger partial charge in [-0.1, -0.05) is 47.5 Å². The summed E-state index contributed by atoms with van der Waals surface area (Å²) in [5.41, 5.74) is 2.72. The average molecular weight is 308 g/mol. The maximum absolute atomic E-state index is 6.28. The lowest BCUT2D eigenvalue weighted by Gasteiger charge is -2.39. The Morgan fingerprint density at radius 3 is 2.60 bits per heavy atom. The van der Waals surface area contributed by atoms with E-state index in [1.54, 1.807) is 6.07 Å². The van der Waals surface area contributed by atoms with E-state index in [1.807, 2.05) is 24.3 Å². The SMILES string of the molecule is CC1(C)O[C@@H](c2ccc(Cl)cc2Cl)Nc2ccccc21. The Bertz CT molecular complexity index is 655. The lowest BCUT2D eigenvalue weighted by atomic mass is 9.93. The van der Waals surface area contributed by atoms with Crippen LogP contribution in [-0.4, -0.2) is 0 Å². The van der Waals surface area contributed by atoms with Crippen LogP contribution in [0.4, 0.5) is 5.69 Å². The van der Waals surface area contributed by atoms with Gasteiger partial charge in [-0.05, 0) is 32.0 Å². The van der Waals surface area contributed by atoms with Gasteiger partial charge in [0.25, 0.3) is 0 Å².